The van der Waals surface area contributed by atoms with E-state index in [1.165, 1.54) is 19.2 Å². The summed E-state index contributed by atoms with van der Waals surface area (Å²) >= 11 is 0. The lowest BCUT2D eigenvalue weighted by molar-refractivity contribution is 0.387. The van der Waals surface area contributed by atoms with Gasteiger partial charge in [0.05, 0.1) is 30.5 Å². The van der Waals surface area contributed by atoms with Gasteiger partial charge in [0.25, 0.3) is 0 Å². The molecule has 0 aliphatic carbocycles. The lowest BCUT2D eigenvalue weighted by Gasteiger charge is -2.22. The zero-order valence-corrected chi connectivity index (χ0v) is 10.2. The summed E-state index contributed by atoms with van der Waals surface area (Å²) in [7, 11) is 3.20. The highest BCUT2D eigenvalue weighted by Gasteiger charge is 2.13. The molecule has 0 saturated heterocycles. The molecule has 1 unspecified atom stereocenters. The number of nitrogens with two attached hydrogens (primary N) is 1. The first-order chi connectivity index (χ1) is 7.99. The largest absolute Gasteiger partial charge is 0.494 e. The van der Waals surface area contributed by atoms with Crippen LogP contribution in [0.2, 0.25) is 0 Å². The number of methoxy groups -OCH3 is 1. The van der Waals surface area contributed by atoms with Crippen molar-refractivity contribution in [1.29, 1.82) is 5.26 Å². The van der Waals surface area contributed by atoms with E-state index in [4.69, 9.17) is 15.7 Å². The second-order valence-corrected chi connectivity index (χ2v) is 3.96. The Morgan fingerprint density at radius 3 is 2.76 bits per heavy atom. The number of nitrogens with zero attached hydrogens (tertiary/aromatic N) is 2. The molecule has 0 aromatic heterocycles. The summed E-state index contributed by atoms with van der Waals surface area (Å²) in [5.41, 5.74) is 6.73. The van der Waals surface area contributed by atoms with Crippen LogP contribution in [0.25, 0.3) is 0 Å². The maximum absolute atomic E-state index is 13.3. The van der Waals surface area contributed by atoms with Crippen LogP contribution in [-0.2, 0) is 0 Å². The van der Waals surface area contributed by atoms with Gasteiger partial charge in [-0.05, 0) is 6.92 Å². The first-order valence-corrected chi connectivity index (χ1v) is 5.23. The molecule has 1 rings (SSSR count). The van der Waals surface area contributed by atoms with Gasteiger partial charge in [-0.15, -0.1) is 0 Å². The van der Waals surface area contributed by atoms with Gasteiger partial charge in [-0.25, -0.2) is 4.39 Å². The molecule has 0 aliphatic heterocycles. The Morgan fingerprint density at radius 1 is 1.59 bits per heavy atom. The van der Waals surface area contributed by atoms with Crippen molar-refractivity contribution in [2.24, 2.45) is 5.92 Å². The monoisotopic (exact) mass is 237 g/mol. The fourth-order valence-corrected chi connectivity index (χ4v) is 1.60. The van der Waals surface area contributed by atoms with Crippen molar-refractivity contribution in [1.82, 2.24) is 0 Å². The number of hydrogen-bond acceptors (Lipinski definition) is 4. The van der Waals surface area contributed by atoms with Crippen LogP contribution < -0.4 is 15.4 Å². The molecular formula is C12H16FN3O. The number of nitriles is 1. The first kappa shape index (κ1) is 13.1. The minimum Gasteiger partial charge on any atom is -0.494 e. The Hall–Kier alpha value is -1.96. The summed E-state index contributed by atoms with van der Waals surface area (Å²) in [6.45, 7) is 2.34. The quantitative estimate of drug-likeness (QED) is 0.814. The molecule has 0 fully saturated rings. The molecule has 0 bridgehead atoms. The second-order valence-electron chi connectivity index (χ2n) is 3.96. The SMILES string of the molecule is COc1cc(N(C)CC(C)C#N)c(N)cc1F. The summed E-state index contributed by atoms with van der Waals surface area (Å²) in [4.78, 5) is 1.81. The molecular weight excluding hydrogens is 221 g/mol. The van der Waals surface area contributed by atoms with Crippen molar-refractivity contribution in [3.63, 3.8) is 0 Å². The van der Waals surface area contributed by atoms with E-state index in [-0.39, 0.29) is 11.7 Å². The van der Waals surface area contributed by atoms with Crippen molar-refractivity contribution in [3.05, 3.63) is 17.9 Å². The summed E-state index contributed by atoms with van der Waals surface area (Å²) in [5, 5.41) is 8.75. The molecule has 1 aromatic rings. The van der Waals surface area contributed by atoms with Crippen LogP contribution >= 0.6 is 0 Å². The van der Waals surface area contributed by atoms with Crippen molar-refractivity contribution in [2.75, 3.05) is 31.3 Å². The van der Waals surface area contributed by atoms with Crippen LogP contribution in [0.5, 0.6) is 5.75 Å². The predicted octanol–water partition coefficient (Wildman–Crippen LogP) is 2.01. The molecule has 0 heterocycles. The van der Waals surface area contributed by atoms with Crippen LogP contribution in [0.3, 0.4) is 0 Å². The third-order valence-corrected chi connectivity index (χ3v) is 2.48. The van der Waals surface area contributed by atoms with Gasteiger partial charge >= 0.3 is 0 Å². The zero-order valence-electron chi connectivity index (χ0n) is 10.2. The highest BCUT2D eigenvalue weighted by Crippen LogP contribution is 2.30. The predicted molar refractivity (Wildman–Crippen MR) is 65.4 cm³/mol. The molecule has 1 atom stereocenters. The minimum absolute atomic E-state index is 0.129. The summed E-state index contributed by atoms with van der Waals surface area (Å²) in [6.07, 6.45) is 0. The third kappa shape index (κ3) is 3.00. The fourth-order valence-electron chi connectivity index (χ4n) is 1.60. The van der Waals surface area contributed by atoms with Crippen molar-refractivity contribution in [3.8, 4) is 11.8 Å². The molecule has 0 spiro atoms. The molecule has 92 valence electrons. The van der Waals surface area contributed by atoms with Gasteiger partial charge in [-0.3, -0.25) is 0 Å². The lowest BCUT2D eigenvalue weighted by atomic mass is 10.1. The second kappa shape index (κ2) is 5.39. The average molecular weight is 237 g/mol. The molecule has 17 heavy (non-hydrogen) atoms. The van der Waals surface area contributed by atoms with E-state index < -0.39 is 5.82 Å². The van der Waals surface area contributed by atoms with E-state index >= 15 is 0 Å². The van der Waals surface area contributed by atoms with E-state index in [2.05, 4.69) is 6.07 Å². The number of benzene rings is 1. The Morgan fingerprint density at radius 2 is 2.24 bits per heavy atom. The number of anilines is 2. The fraction of sp³-hybridized carbons (Fsp3) is 0.417. The molecule has 4 nitrogen and oxygen atoms in total. The molecule has 1 aromatic carbocycles. The topological polar surface area (TPSA) is 62.3 Å². The Bertz CT molecular complexity index is 442. The molecule has 5 heteroatoms. The van der Waals surface area contributed by atoms with Crippen LogP contribution in [-0.4, -0.2) is 20.7 Å². The average Bonchev–Trinajstić information content (AvgIpc) is 2.28. The van der Waals surface area contributed by atoms with Gasteiger partial charge in [-0.2, -0.15) is 5.26 Å². The summed E-state index contributed by atoms with van der Waals surface area (Å²) in [5.74, 6) is -0.475. The molecule has 0 saturated carbocycles. The Kier molecular flexibility index (Phi) is 4.16. The highest BCUT2D eigenvalue weighted by atomic mass is 19.1. The van der Waals surface area contributed by atoms with E-state index in [0.717, 1.165) is 0 Å². The van der Waals surface area contributed by atoms with Crippen molar-refractivity contribution >= 4 is 11.4 Å². The summed E-state index contributed by atoms with van der Waals surface area (Å²) < 4.78 is 18.2. The molecule has 2 N–H and O–H groups in total. The number of hydrogen-bond donors (Lipinski definition) is 1. The molecule has 0 aliphatic rings. The van der Waals surface area contributed by atoms with Gasteiger partial charge in [-0.1, -0.05) is 0 Å². The molecule has 0 amide bonds. The minimum atomic E-state index is -0.490. The van der Waals surface area contributed by atoms with Gasteiger partial charge in [0, 0.05) is 25.7 Å². The van der Waals surface area contributed by atoms with Crippen LogP contribution in [0.1, 0.15) is 6.92 Å². The summed E-state index contributed by atoms with van der Waals surface area (Å²) in [6, 6.07) is 4.90. The van der Waals surface area contributed by atoms with E-state index in [0.29, 0.717) is 17.9 Å². The van der Waals surface area contributed by atoms with Gasteiger partial charge in [0.2, 0.25) is 0 Å². The number of halogens is 1. The lowest BCUT2D eigenvalue weighted by Crippen LogP contribution is -2.24. The first-order valence-electron chi connectivity index (χ1n) is 5.23. The number of ether oxygens (including phenoxy) is 1. The standard InChI is InChI=1S/C12H16FN3O/c1-8(6-14)7-16(2)11-5-12(17-3)9(13)4-10(11)15/h4-5,8H,7,15H2,1-3H3. The van der Waals surface area contributed by atoms with E-state index in [9.17, 15) is 4.39 Å². The third-order valence-electron chi connectivity index (χ3n) is 2.48. The van der Waals surface area contributed by atoms with Gasteiger partial charge in [0.1, 0.15) is 0 Å². The highest BCUT2D eigenvalue weighted by molar-refractivity contribution is 5.69. The molecule has 0 radical (unpaired) electrons. The van der Waals surface area contributed by atoms with Crippen LogP contribution in [0, 0.1) is 23.1 Å². The van der Waals surface area contributed by atoms with Gasteiger partial charge in [0.15, 0.2) is 11.6 Å². The Labute approximate surface area is 100 Å². The number of nitrogen functional groups attached to an aromatic ring is 1. The smallest absolute Gasteiger partial charge is 0.167 e. The van der Waals surface area contributed by atoms with Crippen LogP contribution in [0.4, 0.5) is 15.8 Å². The van der Waals surface area contributed by atoms with E-state index in [1.54, 1.807) is 7.05 Å². The maximum Gasteiger partial charge on any atom is 0.167 e. The maximum atomic E-state index is 13.3. The van der Waals surface area contributed by atoms with Crippen LogP contribution in [0.15, 0.2) is 12.1 Å². The van der Waals surface area contributed by atoms with Crippen molar-refractivity contribution in [2.45, 2.75) is 6.92 Å². The van der Waals surface area contributed by atoms with Gasteiger partial charge < -0.3 is 15.4 Å². The zero-order chi connectivity index (χ0) is 13.0. The normalized spacial score (nSPS) is 11.7. The Balaban J connectivity index is 3.01. The van der Waals surface area contributed by atoms with E-state index in [1.807, 2.05) is 11.8 Å². The number of rotatable bonds is 4. The van der Waals surface area contributed by atoms with Crippen molar-refractivity contribution < 1.29 is 9.13 Å².